The quantitative estimate of drug-likeness (QED) is 0.778. The van der Waals surface area contributed by atoms with Crippen LogP contribution in [0.2, 0.25) is 0 Å². The highest BCUT2D eigenvalue weighted by Crippen LogP contribution is 2.15. The van der Waals surface area contributed by atoms with E-state index >= 15 is 0 Å². The summed E-state index contributed by atoms with van der Waals surface area (Å²) in [5.41, 5.74) is 1.18. The molecule has 0 aliphatic carbocycles. The van der Waals surface area contributed by atoms with Gasteiger partial charge in [0, 0.05) is 6.42 Å². The van der Waals surface area contributed by atoms with Gasteiger partial charge in [0.15, 0.2) is 0 Å². The maximum Gasteiger partial charge on any atom is 0.220 e. The van der Waals surface area contributed by atoms with Crippen molar-refractivity contribution in [1.82, 2.24) is 5.32 Å². The molecule has 1 atom stereocenters. The lowest BCUT2D eigenvalue weighted by molar-refractivity contribution is -0.121. The van der Waals surface area contributed by atoms with Crippen molar-refractivity contribution in [2.75, 3.05) is 0 Å². The number of hydrogen-bond donors (Lipinski definition) is 1. The predicted molar refractivity (Wildman–Crippen MR) is 57.9 cm³/mol. The standard InChI is InChI=1S/C12H17NO/c1-3-11(13-12(14)4-2)10-8-6-5-7-9-10/h5-9,11H,3-4H2,1-2H3,(H,13,14)/t11-/m1/s1. The van der Waals surface area contributed by atoms with Crippen molar-refractivity contribution in [2.24, 2.45) is 0 Å². The lowest BCUT2D eigenvalue weighted by Crippen LogP contribution is -2.27. The van der Waals surface area contributed by atoms with Crippen LogP contribution < -0.4 is 5.32 Å². The van der Waals surface area contributed by atoms with Crippen molar-refractivity contribution < 1.29 is 4.79 Å². The third kappa shape index (κ3) is 2.87. The molecule has 0 saturated heterocycles. The fraction of sp³-hybridized carbons (Fsp3) is 0.417. The maximum atomic E-state index is 11.2. The zero-order valence-corrected chi connectivity index (χ0v) is 8.79. The second kappa shape index (κ2) is 5.43. The monoisotopic (exact) mass is 191 g/mol. The molecule has 0 unspecified atom stereocenters. The van der Waals surface area contributed by atoms with E-state index in [4.69, 9.17) is 0 Å². The van der Waals surface area contributed by atoms with Gasteiger partial charge < -0.3 is 5.32 Å². The van der Waals surface area contributed by atoms with Crippen molar-refractivity contribution in [3.8, 4) is 0 Å². The molecule has 0 aliphatic heterocycles. The normalized spacial score (nSPS) is 12.1. The first-order chi connectivity index (χ1) is 6.77. The summed E-state index contributed by atoms with van der Waals surface area (Å²) < 4.78 is 0. The molecule has 1 rings (SSSR count). The van der Waals surface area contributed by atoms with Crippen molar-refractivity contribution in [3.63, 3.8) is 0 Å². The van der Waals surface area contributed by atoms with E-state index in [1.807, 2.05) is 37.3 Å². The van der Waals surface area contributed by atoms with Gasteiger partial charge in [-0.05, 0) is 12.0 Å². The Kier molecular flexibility index (Phi) is 4.17. The Morgan fingerprint density at radius 3 is 2.43 bits per heavy atom. The zero-order chi connectivity index (χ0) is 10.4. The Morgan fingerprint density at radius 1 is 1.29 bits per heavy atom. The van der Waals surface area contributed by atoms with Crippen LogP contribution in [0, 0.1) is 0 Å². The maximum absolute atomic E-state index is 11.2. The number of rotatable bonds is 4. The third-order valence-corrected chi connectivity index (χ3v) is 2.27. The first kappa shape index (κ1) is 10.8. The molecule has 0 aromatic heterocycles. The van der Waals surface area contributed by atoms with Gasteiger partial charge in [0.05, 0.1) is 6.04 Å². The lowest BCUT2D eigenvalue weighted by atomic mass is 10.0. The van der Waals surface area contributed by atoms with E-state index in [-0.39, 0.29) is 11.9 Å². The highest BCUT2D eigenvalue weighted by molar-refractivity contribution is 5.76. The van der Waals surface area contributed by atoms with Gasteiger partial charge in [0.1, 0.15) is 0 Å². The average Bonchev–Trinajstić information content (AvgIpc) is 2.26. The molecule has 0 spiro atoms. The molecule has 0 fully saturated rings. The predicted octanol–water partition coefficient (Wildman–Crippen LogP) is 2.66. The fourth-order valence-electron chi connectivity index (χ4n) is 1.40. The largest absolute Gasteiger partial charge is 0.349 e. The van der Waals surface area contributed by atoms with E-state index in [1.165, 1.54) is 5.56 Å². The van der Waals surface area contributed by atoms with Gasteiger partial charge in [-0.25, -0.2) is 0 Å². The molecule has 1 aromatic rings. The number of amides is 1. The van der Waals surface area contributed by atoms with Crippen molar-refractivity contribution >= 4 is 5.91 Å². The molecule has 0 radical (unpaired) electrons. The van der Waals surface area contributed by atoms with Gasteiger partial charge in [-0.2, -0.15) is 0 Å². The van der Waals surface area contributed by atoms with Crippen LogP contribution in [0.5, 0.6) is 0 Å². The van der Waals surface area contributed by atoms with Gasteiger partial charge in [-0.3, -0.25) is 4.79 Å². The summed E-state index contributed by atoms with van der Waals surface area (Å²) in [6, 6.07) is 10.2. The molecule has 0 saturated carbocycles. The Balaban J connectivity index is 2.68. The smallest absolute Gasteiger partial charge is 0.220 e. The van der Waals surface area contributed by atoms with Crippen LogP contribution in [0.1, 0.15) is 38.3 Å². The van der Waals surface area contributed by atoms with Crippen molar-refractivity contribution in [3.05, 3.63) is 35.9 Å². The Labute approximate surface area is 85.3 Å². The van der Waals surface area contributed by atoms with Gasteiger partial charge in [0.25, 0.3) is 0 Å². The summed E-state index contributed by atoms with van der Waals surface area (Å²) >= 11 is 0. The van der Waals surface area contributed by atoms with Crippen LogP contribution in [-0.4, -0.2) is 5.91 Å². The molecule has 2 nitrogen and oxygen atoms in total. The van der Waals surface area contributed by atoms with Crippen molar-refractivity contribution in [2.45, 2.75) is 32.7 Å². The summed E-state index contributed by atoms with van der Waals surface area (Å²) in [5.74, 6) is 0.112. The Hall–Kier alpha value is -1.31. The number of hydrogen-bond acceptors (Lipinski definition) is 1. The summed E-state index contributed by atoms with van der Waals surface area (Å²) in [5, 5.41) is 2.99. The van der Waals surface area contributed by atoms with Crippen LogP contribution in [0.3, 0.4) is 0 Å². The SMILES string of the molecule is CCC(=O)N[C@H](CC)c1ccccc1. The van der Waals surface area contributed by atoms with E-state index in [0.29, 0.717) is 6.42 Å². The van der Waals surface area contributed by atoms with Gasteiger partial charge in [-0.15, -0.1) is 0 Å². The molecule has 0 bridgehead atoms. The minimum absolute atomic E-state index is 0.112. The minimum atomic E-state index is 0.112. The molecule has 1 amide bonds. The van der Waals surface area contributed by atoms with E-state index in [9.17, 15) is 4.79 Å². The van der Waals surface area contributed by atoms with Crippen LogP contribution in [0.4, 0.5) is 0 Å². The van der Waals surface area contributed by atoms with E-state index in [0.717, 1.165) is 6.42 Å². The number of nitrogens with one attached hydrogen (secondary N) is 1. The topological polar surface area (TPSA) is 29.1 Å². The average molecular weight is 191 g/mol. The van der Waals surface area contributed by atoms with E-state index in [1.54, 1.807) is 0 Å². The molecular weight excluding hydrogens is 174 g/mol. The highest BCUT2D eigenvalue weighted by Gasteiger charge is 2.10. The van der Waals surface area contributed by atoms with Crippen molar-refractivity contribution in [1.29, 1.82) is 0 Å². The van der Waals surface area contributed by atoms with Crippen LogP contribution in [-0.2, 0) is 4.79 Å². The molecular formula is C12H17NO. The molecule has 14 heavy (non-hydrogen) atoms. The number of carbonyl (C=O) groups is 1. The van der Waals surface area contributed by atoms with Crippen LogP contribution >= 0.6 is 0 Å². The fourth-order valence-corrected chi connectivity index (χ4v) is 1.40. The van der Waals surface area contributed by atoms with Gasteiger partial charge >= 0.3 is 0 Å². The van der Waals surface area contributed by atoms with Crippen LogP contribution in [0.25, 0.3) is 0 Å². The second-order valence-corrected chi connectivity index (χ2v) is 3.29. The molecule has 76 valence electrons. The molecule has 1 aromatic carbocycles. The van der Waals surface area contributed by atoms with Crippen LogP contribution in [0.15, 0.2) is 30.3 Å². The molecule has 0 aliphatic rings. The highest BCUT2D eigenvalue weighted by atomic mass is 16.1. The van der Waals surface area contributed by atoms with Gasteiger partial charge in [0.2, 0.25) is 5.91 Å². The summed E-state index contributed by atoms with van der Waals surface area (Å²) in [7, 11) is 0. The number of carbonyl (C=O) groups excluding carboxylic acids is 1. The summed E-state index contributed by atoms with van der Waals surface area (Å²) in [6.45, 7) is 3.95. The Bertz CT molecular complexity index is 282. The summed E-state index contributed by atoms with van der Waals surface area (Å²) in [6.07, 6.45) is 1.47. The molecule has 1 N–H and O–H groups in total. The first-order valence-electron chi connectivity index (χ1n) is 5.12. The van der Waals surface area contributed by atoms with Gasteiger partial charge in [-0.1, -0.05) is 44.2 Å². The van der Waals surface area contributed by atoms with E-state index < -0.39 is 0 Å². The molecule has 2 heteroatoms. The van der Waals surface area contributed by atoms with E-state index in [2.05, 4.69) is 12.2 Å². The summed E-state index contributed by atoms with van der Waals surface area (Å²) in [4.78, 5) is 11.2. The zero-order valence-electron chi connectivity index (χ0n) is 8.79. The Morgan fingerprint density at radius 2 is 1.93 bits per heavy atom. The third-order valence-electron chi connectivity index (χ3n) is 2.27. The number of benzene rings is 1. The lowest BCUT2D eigenvalue weighted by Gasteiger charge is -2.16. The second-order valence-electron chi connectivity index (χ2n) is 3.29. The first-order valence-corrected chi connectivity index (χ1v) is 5.12. The minimum Gasteiger partial charge on any atom is -0.349 e. The molecule has 0 heterocycles.